The summed E-state index contributed by atoms with van der Waals surface area (Å²) in [7, 11) is 7.71. The van der Waals surface area contributed by atoms with Crippen LogP contribution in [-0.4, -0.2) is 46.6 Å². The van der Waals surface area contributed by atoms with Gasteiger partial charge in [0, 0.05) is 17.3 Å². The number of rotatable bonds is 10. The van der Waals surface area contributed by atoms with Crippen LogP contribution in [0.2, 0.25) is 0 Å². The Morgan fingerprint density at radius 3 is 2.00 bits per heavy atom. The van der Waals surface area contributed by atoms with Crippen molar-refractivity contribution in [1.29, 1.82) is 0 Å². The number of nitrogens with one attached hydrogen (secondary N) is 1. The van der Waals surface area contributed by atoms with Crippen molar-refractivity contribution in [3.63, 3.8) is 0 Å². The van der Waals surface area contributed by atoms with Gasteiger partial charge in [-0.3, -0.25) is 4.79 Å². The van der Waals surface area contributed by atoms with Crippen molar-refractivity contribution >= 4 is 29.8 Å². The van der Waals surface area contributed by atoms with Gasteiger partial charge >= 0.3 is 0 Å². The molecule has 0 atom stereocenters. The van der Waals surface area contributed by atoms with Crippen molar-refractivity contribution in [1.82, 2.24) is 0 Å². The predicted molar refractivity (Wildman–Crippen MR) is 140 cm³/mol. The van der Waals surface area contributed by atoms with Gasteiger partial charge in [0.15, 0.2) is 23.0 Å². The van der Waals surface area contributed by atoms with Crippen molar-refractivity contribution < 1.29 is 33.6 Å². The molecule has 3 rings (SSSR count). The number of anilines is 1. The zero-order valence-electron chi connectivity index (χ0n) is 20.8. The monoisotopic (exact) mass is 491 g/mol. The van der Waals surface area contributed by atoms with Crippen LogP contribution >= 0.6 is 0 Å². The lowest BCUT2D eigenvalue weighted by atomic mass is 10.1. The third-order valence-corrected chi connectivity index (χ3v) is 5.29. The fraction of sp³-hybridized carbons (Fsp3) is 0.179. The number of carbonyl (C=O) groups is 1. The molecule has 8 nitrogen and oxygen atoms in total. The van der Waals surface area contributed by atoms with Gasteiger partial charge in [0.1, 0.15) is 5.75 Å². The molecule has 3 aromatic carbocycles. The van der Waals surface area contributed by atoms with Crippen molar-refractivity contribution in [2.24, 2.45) is 0 Å². The average molecular weight is 492 g/mol. The molecule has 2 N–H and O–H groups in total. The first kappa shape index (κ1) is 26.0. The second kappa shape index (κ2) is 12.2. The molecule has 188 valence electrons. The van der Waals surface area contributed by atoms with Crippen molar-refractivity contribution in [3.05, 3.63) is 71.3 Å². The van der Waals surface area contributed by atoms with E-state index in [1.807, 2.05) is 30.4 Å². The predicted octanol–water partition coefficient (Wildman–Crippen LogP) is 5.26. The van der Waals surface area contributed by atoms with Gasteiger partial charge in [-0.1, -0.05) is 18.2 Å². The maximum absolute atomic E-state index is 12.6. The summed E-state index contributed by atoms with van der Waals surface area (Å²) in [5.74, 6) is 2.23. The van der Waals surface area contributed by atoms with E-state index in [0.29, 0.717) is 40.0 Å². The number of aromatic hydroxyl groups is 1. The van der Waals surface area contributed by atoms with Crippen LogP contribution in [0.3, 0.4) is 0 Å². The van der Waals surface area contributed by atoms with E-state index in [2.05, 4.69) is 5.32 Å². The number of methoxy groups -OCH3 is 5. The molecule has 0 fully saturated rings. The molecule has 0 bridgehead atoms. The largest absolute Gasteiger partial charge is 0.504 e. The van der Waals surface area contributed by atoms with Crippen LogP contribution in [0.5, 0.6) is 34.5 Å². The van der Waals surface area contributed by atoms with Gasteiger partial charge in [0.25, 0.3) is 0 Å². The smallest absolute Gasteiger partial charge is 0.248 e. The second-order valence-electron chi connectivity index (χ2n) is 7.50. The summed E-state index contributed by atoms with van der Waals surface area (Å²) < 4.78 is 26.6. The molecule has 0 heterocycles. The highest BCUT2D eigenvalue weighted by molar-refractivity contribution is 6.03. The number of ether oxygens (including phenoxy) is 5. The molecule has 0 saturated heterocycles. The SMILES string of the molecule is COc1ccc(NC(=O)/C=C/c2ccc(OC)c(O)c2)c(C=Cc2cc(OC)c(OC)c(OC)c2)c1. The van der Waals surface area contributed by atoms with Gasteiger partial charge in [0.05, 0.1) is 35.5 Å². The molecule has 0 unspecified atom stereocenters. The first-order chi connectivity index (χ1) is 17.4. The number of hydrogen-bond donors (Lipinski definition) is 2. The van der Waals surface area contributed by atoms with Crippen LogP contribution in [-0.2, 0) is 4.79 Å². The summed E-state index contributed by atoms with van der Waals surface area (Å²) in [6.45, 7) is 0. The molecule has 0 radical (unpaired) electrons. The van der Waals surface area contributed by atoms with Crippen molar-refractivity contribution in [2.75, 3.05) is 40.9 Å². The number of carbonyl (C=O) groups excluding carboxylic acids is 1. The Hall–Kier alpha value is -4.59. The minimum absolute atomic E-state index is 0.00516. The lowest BCUT2D eigenvalue weighted by molar-refractivity contribution is -0.111. The Balaban J connectivity index is 1.85. The quantitative estimate of drug-likeness (QED) is 0.295. The zero-order valence-corrected chi connectivity index (χ0v) is 20.8. The molecule has 0 aliphatic carbocycles. The minimum atomic E-state index is -0.335. The van der Waals surface area contributed by atoms with E-state index in [4.69, 9.17) is 23.7 Å². The Labute approximate surface area is 210 Å². The van der Waals surface area contributed by atoms with Gasteiger partial charge < -0.3 is 34.1 Å². The fourth-order valence-corrected chi connectivity index (χ4v) is 3.46. The number of phenolic OH excluding ortho intramolecular Hbond substituents is 1. The average Bonchev–Trinajstić information content (AvgIpc) is 2.90. The normalized spacial score (nSPS) is 10.9. The third kappa shape index (κ3) is 6.29. The first-order valence-corrected chi connectivity index (χ1v) is 10.9. The highest BCUT2D eigenvalue weighted by Gasteiger charge is 2.12. The van der Waals surface area contributed by atoms with E-state index in [-0.39, 0.29) is 11.7 Å². The van der Waals surface area contributed by atoms with Crippen LogP contribution in [0.15, 0.2) is 54.6 Å². The summed E-state index contributed by atoms with van der Waals surface area (Å²) in [5, 5.41) is 12.8. The van der Waals surface area contributed by atoms with Crippen LogP contribution in [0.4, 0.5) is 5.69 Å². The van der Waals surface area contributed by atoms with Gasteiger partial charge in [0.2, 0.25) is 11.7 Å². The number of amides is 1. The Morgan fingerprint density at radius 1 is 0.722 bits per heavy atom. The second-order valence-corrected chi connectivity index (χ2v) is 7.50. The van der Waals surface area contributed by atoms with Gasteiger partial charge in [-0.05, 0) is 59.7 Å². The summed E-state index contributed by atoms with van der Waals surface area (Å²) in [6, 6.07) is 13.9. The fourth-order valence-electron chi connectivity index (χ4n) is 3.46. The summed E-state index contributed by atoms with van der Waals surface area (Å²) in [5.41, 5.74) is 2.78. The molecule has 0 aliphatic rings. The lowest BCUT2D eigenvalue weighted by Gasteiger charge is -2.13. The van der Waals surface area contributed by atoms with Crippen LogP contribution in [0.25, 0.3) is 18.2 Å². The molecule has 8 heteroatoms. The van der Waals surface area contributed by atoms with E-state index in [1.54, 1.807) is 58.8 Å². The molecule has 36 heavy (non-hydrogen) atoms. The standard InChI is InChI=1S/C28H29NO7/c1-32-21-10-11-22(29-27(31)13-8-18-7-12-24(33-2)23(30)14-18)20(17-21)9-6-19-15-25(34-3)28(36-5)26(16-19)35-4/h6-17,30H,1-5H3,(H,29,31)/b9-6?,13-8+. The van der Waals surface area contributed by atoms with E-state index in [0.717, 1.165) is 11.1 Å². The summed E-state index contributed by atoms with van der Waals surface area (Å²) >= 11 is 0. The molecule has 3 aromatic rings. The van der Waals surface area contributed by atoms with Crippen LogP contribution < -0.4 is 29.0 Å². The maximum Gasteiger partial charge on any atom is 0.248 e. The van der Waals surface area contributed by atoms with E-state index < -0.39 is 0 Å². The maximum atomic E-state index is 12.6. The third-order valence-electron chi connectivity index (χ3n) is 5.29. The highest BCUT2D eigenvalue weighted by atomic mass is 16.5. The molecule has 0 spiro atoms. The number of hydrogen-bond acceptors (Lipinski definition) is 7. The number of phenols is 1. The highest BCUT2D eigenvalue weighted by Crippen LogP contribution is 2.39. The molecule has 0 saturated carbocycles. The summed E-state index contributed by atoms with van der Waals surface area (Å²) in [6.07, 6.45) is 6.70. The van der Waals surface area contributed by atoms with Crippen molar-refractivity contribution in [3.8, 4) is 34.5 Å². The van der Waals surface area contributed by atoms with Gasteiger partial charge in [-0.2, -0.15) is 0 Å². The Kier molecular flexibility index (Phi) is 8.83. The van der Waals surface area contributed by atoms with E-state index in [9.17, 15) is 9.90 Å². The molecule has 0 aromatic heterocycles. The Morgan fingerprint density at radius 2 is 1.42 bits per heavy atom. The minimum Gasteiger partial charge on any atom is -0.504 e. The molecule has 1 amide bonds. The number of benzene rings is 3. The van der Waals surface area contributed by atoms with E-state index in [1.165, 1.54) is 19.3 Å². The lowest BCUT2D eigenvalue weighted by Crippen LogP contribution is -2.09. The van der Waals surface area contributed by atoms with Crippen LogP contribution in [0.1, 0.15) is 16.7 Å². The van der Waals surface area contributed by atoms with Gasteiger partial charge in [-0.25, -0.2) is 0 Å². The molecule has 0 aliphatic heterocycles. The van der Waals surface area contributed by atoms with Gasteiger partial charge in [-0.15, -0.1) is 0 Å². The first-order valence-electron chi connectivity index (χ1n) is 10.9. The summed E-state index contributed by atoms with van der Waals surface area (Å²) in [4.78, 5) is 12.6. The Bertz CT molecular complexity index is 1260. The van der Waals surface area contributed by atoms with E-state index >= 15 is 0 Å². The van der Waals surface area contributed by atoms with Crippen LogP contribution in [0, 0.1) is 0 Å². The molecular formula is C28H29NO7. The topological polar surface area (TPSA) is 95.5 Å². The molecular weight excluding hydrogens is 462 g/mol. The zero-order chi connectivity index (χ0) is 26.1. The van der Waals surface area contributed by atoms with Crippen molar-refractivity contribution in [2.45, 2.75) is 0 Å².